The molecule has 0 aliphatic carbocycles. The summed E-state index contributed by atoms with van der Waals surface area (Å²) >= 11 is 0. The zero-order valence-electron chi connectivity index (χ0n) is 39.4. The van der Waals surface area contributed by atoms with Crippen LogP contribution in [0.2, 0.25) is 0 Å². The number of carbonyl (C=O) groups excluding carboxylic acids is 3. The number of hydrogen-bond donors (Lipinski definition) is 0. The molecule has 61 heavy (non-hydrogen) atoms. The van der Waals surface area contributed by atoms with Gasteiger partial charge in [0.15, 0.2) is 6.10 Å². The second kappa shape index (κ2) is 49.0. The second-order valence-corrected chi connectivity index (χ2v) is 16.0. The Kier molecular flexibility index (Phi) is 46.0. The largest absolute Gasteiger partial charge is 0.462 e. The van der Waals surface area contributed by atoms with Gasteiger partial charge in [0.25, 0.3) is 0 Å². The summed E-state index contributed by atoms with van der Waals surface area (Å²) in [7, 11) is 0. The third-order valence-corrected chi connectivity index (χ3v) is 10.1. The summed E-state index contributed by atoms with van der Waals surface area (Å²) in [5.74, 6) is -0.973. The van der Waals surface area contributed by atoms with Crippen molar-refractivity contribution in [1.29, 1.82) is 0 Å². The third-order valence-electron chi connectivity index (χ3n) is 10.1. The molecule has 6 heteroatoms. The highest BCUT2D eigenvalue weighted by atomic mass is 16.6. The summed E-state index contributed by atoms with van der Waals surface area (Å²) in [6, 6.07) is 0. The molecular formula is C55H90O6. The molecular weight excluding hydrogens is 757 g/mol. The van der Waals surface area contributed by atoms with Gasteiger partial charge in [-0.2, -0.15) is 0 Å². The second-order valence-electron chi connectivity index (χ2n) is 16.0. The molecule has 0 amide bonds. The molecule has 0 aliphatic rings. The van der Waals surface area contributed by atoms with Gasteiger partial charge < -0.3 is 14.2 Å². The van der Waals surface area contributed by atoms with Crippen molar-refractivity contribution >= 4 is 17.9 Å². The van der Waals surface area contributed by atoms with E-state index >= 15 is 0 Å². The van der Waals surface area contributed by atoms with E-state index in [0.29, 0.717) is 19.3 Å². The molecule has 0 aromatic heterocycles. The van der Waals surface area contributed by atoms with Crippen LogP contribution in [0.15, 0.2) is 97.2 Å². The molecule has 0 fully saturated rings. The van der Waals surface area contributed by atoms with E-state index in [1.54, 1.807) is 0 Å². The fourth-order valence-corrected chi connectivity index (χ4v) is 6.38. The quantitative estimate of drug-likeness (QED) is 0.0263. The Morgan fingerprint density at radius 2 is 0.639 bits per heavy atom. The Hall–Kier alpha value is -3.67. The van der Waals surface area contributed by atoms with Gasteiger partial charge in [-0.05, 0) is 116 Å². The minimum absolute atomic E-state index is 0.103. The minimum Gasteiger partial charge on any atom is -0.462 e. The summed E-state index contributed by atoms with van der Waals surface area (Å²) in [5, 5.41) is 0. The zero-order valence-corrected chi connectivity index (χ0v) is 39.4. The van der Waals surface area contributed by atoms with E-state index in [4.69, 9.17) is 14.2 Å². The number of esters is 3. The summed E-state index contributed by atoms with van der Waals surface area (Å²) in [4.78, 5) is 37.9. The molecule has 0 bridgehead atoms. The van der Waals surface area contributed by atoms with E-state index in [9.17, 15) is 14.4 Å². The van der Waals surface area contributed by atoms with Crippen LogP contribution in [0.5, 0.6) is 0 Å². The predicted octanol–water partition coefficient (Wildman–Crippen LogP) is 16.2. The van der Waals surface area contributed by atoms with Crippen LogP contribution < -0.4 is 0 Å². The summed E-state index contributed by atoms with van der Waals surface area (Å²) in [5.41, 5.74) is 0. The predicted molar refractivity (Wildman–Crippen MR) is 260 cm³/mol. The number of ether oxygens (including phenoxy) is 3. The van der Waals surface area contributed by atoms with Gasteiger partial charge in [0.2, 0.25) is 0 Å². The maximum absolute atomic E-state index is 12.7. The fourth-order valence-electron chi connectivity index (χ4n) is 6.38. The Morgan fingerprint density at radius 3 is 1.05 bits per heavy atom. The molecule has 0 aromatic rings. The highest BCUT2D eigenvalue weighted by molar-refractivity contribution is 5.71. The Bertz CT molecular complexity index is 1250. The van der Waals surface area contributed by atoms with Crippen LogP contribution in [0.3, 0.4) is 0 Å². The van der Waals surface area contributed by atoms with Gasteiger partial charge in [0, 0.05) is 19.3 Å². The fraction of sp³-hybridized carbons (Fsp3) is 0.655. The molecule has 0 aliphatic heterocycles. The van der Waals surface area contributed by atoms with Crippen LogP contribution >= 0.6 is 0 Å². The lowest BCUT2D eigenvalue weighted by molar-refractivity contribution is -0.167. The normalized spacial score (nSPS) is 12.9. The molecule has 0 aromatic carbocycles. The van der Waals surface area contributed by atoms with Gasteiger partial charge in [0.1, 0.15) is 13.2 Å². The smallest absolute Gasteiger partial charge is 0.306 e. The molecule has 0 rings (SSSR count). The van der Waals surface area contributed by atoms with E-state index in [1.165, 1.54) is 44.9 Å². The van der Waals surface area contributed by atoms with Crippen molar-refractivity contribution < 1.29 is 28.6 Å². The van der Waals surface area contributed by atoms with Crippen molar-refractivity contribution in [2.24, 2.45) is 0 Å². The molecule has 0 radical (unpaired) electrons. The van der Waals surface area contributed by atoms with Crippen molar-refractivity contribution in [3.63, 3.8) is 0 Å². The summed E-state index contributed by atoms with van der Waals surface area (Å²) < 4.78 is 16.7. The van der Waals surface area contributed by atoms with Crippen LogP contribution in [0.25, 0.3) is 0 Å². The summed E-state index contributed by atoms with van der Waals surface area (Å²) in [6.07, 6.45) is 63.9. The first-order valence-corrected chi connectivity index (χ1v) is 24.7. The van der Waals surface area contributed by atoms with Crippen molar-refractivity contribution in [1.82, 2.24) is 0 Å². The van der Waals surface area contributed by atoms with Crippen LogP contribution in [-0.4, -0.2) is 37.2 Å². The first kappa shape index (κ1) is 57.3. The standard InChI is InChI=1S/C55H90O6/c1-4-7-10-13-16-19-22-25-26-27-28-29-30-31-34-36-39-42-45-48-54(57)60-51-52(61-55(58)49-46-43-40-37-33-24-21-18-15-12-9-6-3)50-59-53(56)47-44-41-38-35-32-23-20-17-14-11-8-5-2/h7,9-10,12,16-21,25-26,28-29,33,37,52H,4-6,8,11,13-15,22-24,27,30-32,34-36,38-51H2,1-3H3/b10-7-,12-9-,19-16-,20-17-,21-18-,26-25-,29-28-,37-33-. The lowest BCUT2D eigenvalue weighted by atomic mass is 10.1. The van der Waals surface area contributed by atoms with Gasteiger partial charge in [-0.15, -0.1) is 0 Å². The van der Waals surface area contributed by atoms with Gasteiger partial charge in [-0.1, -0.05) is 176 Å². The Labute approximate surface area is 375 Å². The molecule has 0 heterocycles. The molecule has 6 nitrogen and oxygen atoms in total. The van der Waals surface area contributed by atoms with Gasteiger partial charge in [-0.25, -0.2) is 0 Å². The van der Waals surface area contributed by atoms with Crippen molar-refractivity contribution in [3.05, 3.63) is 97.2 Å². The third kappa shape index (κ3) is 47.2. The van der Waals surface area contributed by atoms with Crippen molar-refractivity contribution in [2.75, 3.05) is 13.2 Å². The Balaban J connectivity index is 4.44. The van der Waals surface area contributed by atoms with Gasteiger partial charge in [0.05, 0.1) is 0 Å². The lowest BCUT2D eigenvalue weighted by Gasteiger charge is -2.18. The topological polar surface area (TPSA) is 78.9 Å². The number of rotatable bonds is 43. The van der Waals surface area contributed by atoms with Crippen molar-refractivity contribution in [2.45, 2.75) is 219 Å². The van der Waals surface area contributed by atoms with Crippen LogP contribution in [0.1, 0.15) is 213 Å². The van der Waals surface area contributed by atoms with Crippen LogP contribution in [0, 0.1) is 0 Å². The van der Waals surface area contributed by atoms with E-state index in [0.717, 1.165) is 122 Å². The monoisotopic (exact) mass is 847 g/mol. The minimum atomic E-state index is -0.806. The first-order chi connectivity index (χ1) is 30.0. The van der Waals surface area contributed by atoms with Crippen LogP contribution in [0.4, 0.5) is 0 Å². The van der Waals surface area contributed by atoms with E-state index in [-0.39, 0.29) is 37.5 Å². The SMILES string of the molecule is CC/C=C\C/C=C\C/C=C\C/C=C\CCCCCCCCC(=O)OCC(COC(=O)CCCCCCC/C=C\CCCCC)OC(=O)CCCC/C=C\C/C=C\C/C=C\CC. The number of carbonyl (C=O) groups is 3. The molecule has 0 saturated carbocycles. The van der Waals surface area contributed by atoms with E-state index in [1.807, 2.05) is 0 Å². The zero-order chi connectivity index (χ0) is 44.4. The average molecular weight is 847 g/mol. The molecule has 346 valence electrons. The van der Waals surface area contributed by atoms with Gasteiger partial charge >= 0.3 is 17.9 Å². The molecule has 0 saturated heterocycles. The lowest BCUT2D eigenvalue weighted by Crippen LogP contribution is -2.30. The summed E-state index contributed by atoms with van der Waals surface area (Å²) in [6.45, 7) is 6.31. The van der Waals surface area contributed by atoms with Gasteiger partial charge in [-0.3, -0.25) is 14.4 Å². The maximum atomic E-state index is 12.7. The molecule has 1 unspecified atom stereocenters. The first-order valence-electron chi connectivity index (χ1n) is 24.7. The number of hydrogen-bond acceptors (Lipinski definition) is 6. The molecule has 0 spiro atoms. The Morgan fingerprint density at radius 1 is 0.344 bits per heavy atom. The van der Waals surface area contributed by atoms with Crippen LogP contribution in [-0.2, 0) is 28.6 Å². The van der Waals surface area contributed by atoms with E-state index < -0.39 is 6.10 Å². The highest BCUT2D eigenvalue weighted by Crippen LogP contribution is 2.13. The number of unbranched alkanes of at least 4 members (excludes halogenated alkanes) is 16. The average Bonchev–Trinajstić information content (AvgIpc) is 3.26. The molecule has 0 N–H and O–H groups in total. The van der Waals surface area contributed by atoms with E-state index in [2.05, 4.69) is 118 Å². The maximum Gasteiger partial charge on any atom is 0.306 e. The molecule has 1 atom stereocenters. The van der Waals surface area contributed by atoms with Crippen molar-refractivity contribution in [3.8, 4) is 0 Å². The highest BCUT2D eigenvalue weighted by Gasteiger charge is 2.19. The number of allylic oxidation sites excluding steroid dienone is 16.